The fourth-order valence-electron chi connectivity index (χ4n) is 4.39. The van der Waals surface area contributed by atoms with Crippen LogP contribution in [0, 0.1) is 11.8 Å². The highest BCUT2D eigenvalue weighted by atomic mass is 16.8. The van der Waals surface area contributed by atoms with E-state index in [0.717, 1.165) is 0 Å². The van der Waals surface area contributed by atoms with Crippen molar-refractivity contribution in [3.05, 3.63) is 59.9 Å². The summed E-state index contributed by atoms with van der Waals surface area (Å²) in [7, 11) is 0. The van der Waals surface area contributed by atoms with Crippen LogP contribution in [0.25, 0.3) is 6.08 Å². The van der Waals surface area contributed by atoms with Gasteiger partial charge in [-0.2, -0.15) is 0 Å². The molecule has 0 unspecified atom stereocenters. The van der Waals surface area contributed by atoms with Crippen LogP contribution in [0.15, 0.2) is 54.3 Å². The lowest BCUT2D eigenvalue weighted by atomic mass is 9.88. The summed E-state index contributed by atoms with van der Waals surface area (Å²) in [5.74, 6) is -1.57. The van der Waals surface area contributed by atoms with E-state index in [0.29, 0.717) is 11.1 Å². The number of esters is 1. The largest absolute Gasteiger partial charge is 0.508 e. The molecule has 3 aliphatic rings. The molecular weight excluding hydrogens is 464 g/mol. The maximum atomic E-state index is 12.4. The van der Waals surface area contributed by atoms with Gasteiger partial charge in [0.1, 0.15) is 36.3 Å². The lowest BCUT2D eigenvalue weighted by Crippen LogP contribution is -2.60. The topological polar surface area (TPSA) is 175 Å². The quantitative estimate of drug-likeness (QED) is 0.159. The summed E-state index contributed by atoms with van der Waals surface area (Å²) in [6, 6.07) is 6.25. The van der Waals surface area contributed by atoms with E-state index in [1.54, 1.807) is 24.3 Å². The maximum absolute atomic E-state index is 12.4. The van der Waals surface area contributed by atoms with E-state index < -0.39 is 67.5 Å². The van der Waals surface area contributed by atoms with Crippen LogP contribution in [-0.4, -0.2) is 92.9 Å². The molecule has 6 N–H and O–H groups in total. The minimum absolute atomic E-state index is 0.107. The van der Waals surface area contributed by atoms with Crippen molar-refractivity contribution in [1.82, 2.24) is 0 Å². The van der Waals surface area contributed by atoms with Crippen molar-refractivity contribution >= 4 is 12.0 Å². The first-order chi connectivity index (χ1) is 16.8. The molecule has 0 spiro atoms. The van der Waals surface area contributed by atoms with Gasteiger partial charge in [-0.3, -0.25) is 0 Å². The number of carbonyl (C=O) groups is 1. The smallest absolute Gasteiger partial charge is 0.331 e. The van der Waals surface area contributed by atoms with Crippen molar-refractivity contribution in [3.8, 4) is 5.75 Å². The summed E-state index contributed by atoms with van der Waals surface area (Å²) in [4.78, 5) is 12.4. The van der Waals surface area contributed by atoms with Crippen LogP contribution in [0.5, 0.6) is 5.75 Å². The highest BCUT2D eigenvalue weighted by Crippen LogP contribution is 2.42. The molecule has 2 aliphatic heterocycles. The maximum Gasteiger partial charge on any atom is 0.331 e. The fourth-order valence-corrected chi connectivity index (χ4v) is 4.39. The number of hydrogen-bond donors (Lipinski definition) is 6. The van der Waals surface area contributed by atoms with Crippen LogP contribution < -0.4 is 0 Å². The average molecular weight is 492 g/mol. The third-order valence-corrected chi connectivity index (χ3v) is 6.26. The monoisotopic (exact) mass is 492 g/mol. The Balaban J connectivity index is 1.44. The number of benzene rings is 1. The number of ether oxygens (including phenoxy) is 4. The molecule has 1 fully saturated rings. The van der Waals surface area contributed by atoms with Gasteiger partial charge in [0.05, 0.1) is 25.4 Å². The highest BCUT2D eigenvalue weighted by Gasteiger charge is 2.49. The minimum Gasteiger partial charge on any atom is -0.508 e. The van der Waals surface area contributed by atoms with E-state index in [2.05, 4.69) is 0 Å². The number of aliphatic hydroxyl groups excluding tert-OH is 5. The predicted molar refractivity (Wildman–Crippen MR) is 118 cm³/mol. The summed E-state index contributed by atoms with van der Waals surface area (Å²) in [6.07, 6.45) is -1.79. The number of fused-ring (bicyclic) bond motifs is 1. The average Bonchev–Trinajstić information content (AvgIpc) is 3.22. The Kier molecular flexibility index (Phi) is 7.87. The normalized spacial score (nSPS) is 36.5. The number of carbonyl (C=O) groups excluding carboxylic acids is 1. The van der Waals surface area contributed by atoms with Gasteiger partial charge in [-0.15, -0.1) is 0 Å². The molecule has 11 heteroatoms. The third-order valence-electron chi connectivity index (χ3n) is 6.26. The molecule has 1 aromatic rings. The van der Waals surface area contributed by atoms with Gasteiger partial charge in [0.2, 0.25) is 6.29 Å². The molecule has 0 amide bonds. The Morgan fingerprint density at radius 2 is 1.77 bits per heavy atom. The van der Waals surface area contributed by atoms with E-state index in [9.17, 15) is 35.4 Å². The molecule has 9 atom stereocenters. The molecule has 1 aliphatic carbocycles. The van der Waals surface area contributed by atoms with Gasteiger partial charge in [0, 0.05) is 12.0 Å². The van der Waals surface area contributed by atoms with E-state index in [1.807, 2.05) is 0 Å². The van der Waals surface area contributed by atoms with Crippen LogP contribution in [0.3, 0.4) is 0 Å². The van der Waals surface area contributed by atoms with Gasteiger partial charge in [0.15, 0.2) is 6.29 Å². The van der Waals surface area contributed by atoms with E-state index >= 15 is 0 Å². The van der Waals surface area contributed by atoms with Crippen molar-refractivity contribution in [2.45, 2.75) is 43.1 Å². The molecule has 0 bridgehead atoms. The first-order valence-corrected chi connectivity index (χ1v) is 11.1. The van der Waals surface area contributed by atoms with Gasteiger partial charge in [-0.25, -0.2) is 4.79 Å². The SMILES string of the molecule is O=C(/C=C/c1ccc(O)cc1)O[C@@H]1C=C(CO)[C@H]2[C@H](O[C@@H]3O[C@H](CO)[C@@H](O)[C@H](O)[C@H]3O)OC=C[C@H]21. The van der Waals surface area contributed by atoms with Crippen LogP contribution in [0.1, 0.15) is 5.56 Å². The van der Waals surface area contributed by atoms with Gasteiger partial charge >= 0.3 is 5.97 Å². The molecule has 1 saturated heterocycles. The Morgan fingerprint density at radius 1 is 1.03 bits per heavy atom. The van der Waals surface area contributed by atoms with Crippen molar-refractivity contribution in [2.24, 2.45) is 11.8 Å². The van der Waals surface area contributed by atoms with Gasteiger partial charge < -0.3 is 49.6 Å². The molecule has 0 saturated carbocycles. The lowest BCUT2D eigenvalue weighted by Gasteiger charge is -2.42. The van der Waals surface area contributed by atoms with Crippen LogP contribution in [0.4, 0.5) is 0 Å². The van der Waals surface area contributed by atoms with Crippen molar-refractivity contribution in [1.29, 1.82) is 0 Å². The second-order valence-corrected chi connectivity index (χ2v) is 8.50. The Hall–Kier alpha value is -2.77. The third kappa shape index (κ3) is 5.41. The number of rotatable bonds is 7. The minimum atomic E-state index is -1.62. The Labute approximate surface area is 200 Å². The van der Waals surface area contributed by atoms with Crippen molar-refractivity contribution in [3.63, 3.8) is 0 Å². The Morgan fingerprint density at radius 3 is 2.46 bits per heavy atom. The zero-order chi connectivity index (χ0) is 25.1. The van der Waals surface area contributed by atoms with Crippen LogP contribution in [0.2, 0.25) is 0 Å². The summed E-state index contributed by atoms with van der Waals surface area (Å²) in [5.41, 5.74) is 1.17. The van der Waals surface area contributed by atoms with Crippen molar-refractivity contribution in [2.75, 3.05) is 13.2 Å². The predicted octanol–water partition coefficient (Wildman–Crippen LogP) is -0.832. The molecule has 2 heterocycles. The fraction of sp³-hybridized carbons (Fsp3) is 0.458. The molecule has 1 aromatic carbocycles. The van der Waals surface area contributed by atoms with E-state index in [1.165, 1.54) is 30.5 Å². The first kappa shape index (κ1) is 25.3. The van der Waals surface area contributed by atoms with Crippen molar-refractivity contribution < 1.29 is 54.4 Å². The van der Waals surface area contributed by atoms with Crippen LogP contribution in [-0.2, 0) is 23.7 Å². The lowest BCUT2D eigenvalue weighted by molar-refractivity contribution is -0.339. The highest BCUT2D eigenvalue weighted by molar-refractivity contribution is 5.87. The molecule has 11 nitrogen and oxygen atoms in total. The molecule has 0 aromatic heterocycles. The zero-order valence-corrected chi connectivity index (χ0v) is 18.5. The molecular formula is C24H28O11. The summed E-state index contributed by atoms with van der Waals surface area (Å²) in [6.45, 7) is -0.982. The first-order valence-electron chi connectivity index (χ1n) is 11.1. The van der Waals surface area contributed by atoms with E-state index in [-0.39, 0.29) is 12.4 Å². The van der Waals surface area contributed by atoms with Gasteiger partial charge in [0.25, 0.3) is 0 Å². The number of phenolic OH excluding ortho intramolecular Hbond substituents is 1. The number of hydrogen-bond acceptors (Lipinski definition) is 11. The summed E-state index contributed by atoms with van der Waals surface area (Å²) < 4.78 is 22.3. The molecule has 0 radical (unpaired) electrons. The molecule has 4 rings (SSSR count). The number of aromatic hydroxyl groups is 1. The van der Waals surface area contributed by atoms with E-state index in [4.69, 9.17) is 18.9 Å². The second-order valence-electron chi connectivity index (χ2n) is 8.50. The molecule has 190 valence electrons. The number of aliphatic hydroxyl groups is 5. The second kappa shape index (κ2) is 10.9. The van der Waals surface area contributed by atoms with Gasteiger partial charge in [-0.1, -0.05) is 12.1 Å². The van der Waals surface area contributed by atoms with Gasteiger partial charge in [-0.05, 0) is 41.5 Å². The Bertz CT molecular complexity index is 970. The standard InChI is InChI=1S/C24H28O11/c25-10-13-9-16(33-18(28)6-3-12-1-4-14(27)5-2-12)15-7-8-32-23(19(13)15)35-24-22(31)21(30)20(29)17(11-26)34-24/h1-9,15-17,19-27,29-31H,10-11H2/b6-3+/t15-,16+,17+,19+,20+,21-,22+,23-,24-/m0/s1. The van der Waals surface area contributed by atoms with Crippen LogP contribution >= 0.6 is 0 Å². The zero-order valence-electron chi connectivity index (χ0n) is 18.5. The molecule has 35 heavy (non-hydrogen) atoms. The number of phenols is 1. The summed E-state index contributed by atoms with van der Waals surface area (Å²) >= 11 is 0. The summed E-state index contributed by atoms with van der Waals surface area (Å²) in [5, 5.41) is 58.9.